The molecule has 0 unspecified atom stereocenters. The molecule has 0 bridgehead atoms. The van der Waals surface area contributed by atoms with Crippen LogP contribution in [0.5, 0.6) is 0 Å². The van der Waals surface area contributed by atoms with Gasteiger partial charge < -0.3 is 10.1 Å². The summed E-state index contributed by atoms with van der Waals surface area (Å²) in [5.41, 5.74) is -0.221. The van der Waals surface area contributed by atoms with Crippen LogP contribution in [0, 0.1) is 0 Å². The molecule has 0 spiro atoms. The number of amides is 1. The van der Waals surface area contributed by atoms with E-state index in [1.54, 1.807) is 20.8 Å². The average molecular weight is 353 g/mol. The second kappa shape index (κ2) is 7.34. The number of nitrogens with one attached hydrogen (secondary N) is 1. The lowest BCUT2D eigenvalue weighted by molar-refractivity contribution is -0.155. The molecule has 21 heavy (non-hydrogen) atoms. The molecule has 0 saturated carbocycles. The van der Waals surface area contributed by atoms with Crippen LogP contribution in [0.1, 0.15) is 33.6 Å². The summed E-state index contributed by atoms with van der Waals surface area (Å²) in [5.74, 6) is -0.793. The van der Waals surface area contributed by atoms with Gasteiger partial charge in [-0.1, -0.05) is 34.8 Å². The number of hydrogen-bond donors (Lipinski definition) is 1. The normalized spacial score (nSPS) is 11.1. The van der Waals surface area contributed by atoms with Gasteiger partial charge in [-0.2, -0.15) is 0 Å². The molecule has 0 aromatic heterocycles. The van der Waals surface area contributed by atoms with E-state index in [-0.39, 0.29) is 28.8 Å². The summed E-state index contributed by atoms with van der Waals surface area (Å²) < 4.78 is 5.11. The molecule has 1 rings (SSSR count). The van der Waals surface area contributed by atoms with Crippen LogP contribution in [0.4, 0.5) is 5.69 Å². The zero-order valence-corrected chi connectivity index (χ0v) is 14.2. The van der Waals surface area contributed by atoms with Crippen molar-refractivity contribution in [2.45, 2.75) is 39.2 Å². The highest BCUT2D eigenvalue weighted by atomic mass is 35.5. The lowest BCUT2D eigenvalue weighted by Gasteiger charge is -2.19. The first-order chi connectivity index (χ1) is 9.58. The number of anilines is 1. The Balaban J connectivity index is 2.55. The summed E-state index contributed by atoms with van der Waals surface area (Å²) >= 11 is 17.6. The minimum Gasteiger partial charge on any atom is -0.460 e. The number of carbonyl (C=O) groups is 2. The van der Waals surface area contributed by atoms with Crippen LogP contribution in [0.2, 0.25) is 15.1 Å². The third-order valence-corrected chi connectivity index (χ3v) is 3.30. The molecule has 1 aromatic rings. The highest BCUT2D eigenvalue weighted by Gasteiger charge is 2.17. The quantitative estimate of drug-likeness (QED) is 0.631. The maximum absolute atomic E-state index is 11.8. The monoisotopic (exact) mass is 351 g/mol. The predicted molar refractivity (Wildman–Crippen MR) is 85.2 cm³/mol. The van der Waals surface area contributed by atoms with Gasteiger partial charge in [0.25, 0.3) is 0 Å². The Hall–Kier alpha value is -0.970. The first-order valence-corrected chi connectivity index (χ1v) is 7.38. The van der Waals surface area contributed by atoms with Crippen molar-refractivity contribution in [1.82, 2.24) is 0 Å². The van der Waals surface area contributed by atoms with Crippen LogP contribution in [0.15, 0.2) is 12.1 Å². The Morgan fingerprint density at radius 3 is 2.19 bits per heavy atom. The maximum atomic E-state index is 11.8. The Kier molecular flexibility index (Phi) is 6.32. The highest BCUT2D eigenvalue weighted by Crippen LogP contribution is 2.32. The number of benzene rings is 1. The molecule has 1 amide bonds. The summed E-state index contributed by atoms with van der Waals surface area (Å²) in [6, 6.07) is 2.90. The van der Waals surface area contributed by atoms with E-state index < -0.39 is 11.6 Å². The third-order valence-electron chi connectivity index (χ3n) is 2.26. The van der Waals surface area contributed by atoms with Crippen LogP contribution >= 0.6 is 34.8 Å². The van der Waals surface area contributed by atoms with Crippen molar-refractivity contribution >= 4 is 52.4 Å². The summed E-state index contributed by atoms with van der Waals surface area (Å²) in [5, 5.41) is 3.43. The molecule has 0 saturated heterocycles. The molecule has 1 N–H and O–H groups in total. The lowest BCUT2D eigenvalue weighted by Crippen LogP contribution is -2.24. The Labute approximate surface area is 138 Å². The van der Waals surface area contributed by atoms with Crippen LogP contribution in [-0.2, 0) is 14.3 Å². The number of halogens is 3. The predicted octanol–water partition coefficient (Wildman–Crippen LogP) is 4.71. The SMILES string of the molecule is CC(C)(C)OC(=O)CCC(=O)Nc1cc(Cl)c(Cl)cc1Cl. The summed E-state index contributed by atoms with van der Waals surface area (Å²) in [6.45, 7) is 5.29. The van der Waals surface area contributed by atoms with Crippen molar-refractivity contribution in [2.75, 3.05) is 5.32 Å². The number of carbonyl (C=O) groups excluding carboxylic acids is 2. The van der Waals surface area contributed by atoms with Gasteiger partial charge in [0, 0.05) is 6.42 Å². The molecule has 4 nitrogen and oxygen atoms in total. The molecular weight excluding hydrogens is 337 g/mol. The van der Waals surface area contributed by atoms with Crippen molar-refractivity contribution in [2.24, 2.45) is 0 Å². The number of esters is 1. The molecule has 0 heterocycles. The summed E-state index contributed by atoms with van der Waals surface area (Å²) in [7, 11) is 0. The molecule has 0 atom stereocenters. The number of rotatable bonds is 4. The third kappa shape index (κ3) is 6.55. The van der Waals surface area contributed by atoms with Gasteiger partial charge in [0.1, 0.15) is 5.60 Å². The average Bonchev–Trinajstić information content (AvgIpc) is 2.31. The van der Waals surface area contributed by atoms with Crippen LogP contribution in [-0.4, -0.2) is 17.5 Å². The van der Waals surface area contributed by atoms with Gasteiger partial charge in [-0.05, 0) is 32.9 Å². The molecule has 0 aliphatic carbocycles. The van der Waals surface area contributed by atoms with E-state index in [1.165, 1.54) is 12.1 Å². The maximum Gasteiger partial charge on any atom is 0.306 e. The lowest BCUT2D eigenvalue weighted by atomic mass is 10.2. The Morgan fingerprint density at radius 1 is 1.05 bits per heavy atom. The first kappa shape index (κ1) is 18.1. The second-order valence-corrected chi connectivity index (χ2v) is 6.60. The fourth-order valence-corrected chi connectivity index (χ4v) is 2.03. The first-order valence-electron chi connectivity index (χ1n) is 6.25. The standard InChI is InChI=1S/C14H16Cl3NO3/c1-14(2,3)21-13(20)5-4-12(19)18-11-7-9(16)8(15)6-10(11)17/h6-7H,4-5H2,1-3H3,(H,18,19). The number of hydrogen-bond acceptors (Lipinski definition) is 3. The summed E-state index contributed by atoms with van der Waals surface area (Å²) in [6.07, 6.45) is -0.0203. The van der Waals surface area contributed by atoms with Crippen molar-refractivity contribution in [1.29, 1.82) is 0 Å². The van der Waals surface area contributed by atoms with E-state index in [1.807, 2.05) is 0 Å². The van der Waals surface area contributed by atoms with Gasteiger partial charge in [0.15, 0.2) is 0 Å². The number of ether oxygens (including phenoxy) is 1. The van der Waals surface area contributed by atoms with Gasteiger partial charge in [0.2, 0.25) is 5.91 Å². The minimum atomic E-state index is -0.569. The van der Waals surface area contributed by atoms with Gasteiger partial charge >= 0.3 is 5.97 Å². The van der Waals surface area contributed by atoms with Gasteiger partial charge in [0.05, 0.1) is 27.2 Å². The van der Waals surface area contributed by atoms with Crippen LogP contribution in [0.3, 0.4) is 0 Å². The minimum absolute atomic E-state index is 0.00844. The molecule has 116 valence electrons. The molecule has 7 heteroatoms. The van der Waals surface area contributed by atoms with E-state index in [9.17, 15) is 9.59 Å². The fourth-order valence-electron chi connectivity index (χ4n) is 1.44. The fraction of sp³-hybridized carbons (Fsp3) is 0.429. The molecule has 1 aromatic carbocycles. The van der Waals surface area contributed by atoms with Crippen LogP contribution < -0.4 is 5.32 Å². The molecule has 0 aliphatic heterocycles. The van der Waals surface area contributed by atoms with Gasteiger partial charge in [-0.3, -0.25) is 9.59 Å². The van der Waals surface area contributed by atoms with Crippen molar-refractivity contribution in [3.8, 4) is 0 Å². The smallest absolute Gasteiger partial charge is 0.306 e. The van der Waals surface area contributed by atoms with Crippen molar-refractivity contribution in [3.05, 3.63) is 27.2 Å². The largest absolute Gasteiger partial charge is 0.460 e. The van der Waals surface area contributed by atoms with Gasteiger partial charge in [-0.15, -0.1) is 0 Å². The van der Waals surface area contributed by atoms with Gasteiger partial charge in [-0.25, -0.2) is 0 Å². The van der Waals surface area contributed by atoms with E-state index >= 15 is 0 Å². The van der Waals surface area contributed by atoms with E-state index in [4.69, 9.17) is 39.5 Å². The van der Waals surface area contributed by atoms with E-state index in [2.05, 4.69) is 5.32 Å². The van der Waals surface area contributed by atoms with E-state index in [0.29, 0.717) is 10.7 Å². The molecular formula is C14H16Cl3NO3. The Morgan fingerprint density at radius 2 is 1.62 bits per heavy atom. The molecule has 0 radical (unpaired) electrons. The van der Waals surface area contributed by atoms with E-state index in [0.717, 1.165) is 0 Å². The van der Waals surface area contributed by atoms with Crippen molar-refractivity contribution < 1.29 is 14.3 Å². The topological polar surface area (TPSA) is 55.4 Å². The highest BCUT2D eigenvalue weighted by molar-refractivity contribution is 6.44. The zero-order valence-electron chi connectivity index (χ0n) is 11.9. The van der Waals surface area contributed by atoms with Crippen LogP contribution in [0.25, 0.3) is 0 Å². The molecule has 0 fully saturated rings. The Bertz CT molecular complexity index is 553. The zero-order chi connectivity index (χ0) is 16.2. The summed E-state index contributed by atoms with van der Waals surface area (Å²) in [4.78, 5) is 23.3. The second-order valence-electron chi connectivity index (χ2n) is 5.38. The molecule has 0 aliphatic rings. The van der Waals surface area contributed by atoms with Crippen molar-refractivity contribution in [3.63, 3.8) is 0 Å².